The minimum atomic E-state index is 0.503. The van der Waals surface area contributed by atoms with Crippen molar-refractivity contribution in [3.63, 3.8) is 0 Å². The van der Waals surface area contributed by atoms with E-state index in [0.29, 0.717) is 5.92 Å². The first-order valence-electron chi connectivity index (χ1n) is 5.02. The van der Waals surface area contributed by atoms with E-state index >= 15 is 0 Å². The normalized spacial score (nSPS) is 13.0. The molecule has 0 saturated carbocycles. The molecule has 72 valence electrons. The van der Waals surface area contributed by atoms with Crippen molar-refractivity contribution < 1.29 is 0 Å². The van der Waals surface area contributed by atoms with E-state index in [1.165, 1.54) is 5.39 Å². The molecule has 1 unspecified atom stereocenters. The summed E-state index contributed by atoms with van der Waals surface area (Å²) >= 11 is 0. The molecule has 2 rings (SSSR count). The monoisotopic (exact) mass is 186 g/mol. The van der Waals surface area contributed by atoms with E-state index in [-0.39, 0.29) is 0 Å². The molecule has 1 atom stereocenters. The Kier molecular flexibility index (Phi) is 2.44. The van der Waals surface area contributed by atoms with Crippen molar-refractivity contribution in [2.45, 2.75) is 26.2 Å². The topological polar surface area (TPSA) is 25.8 Å². The highest BCUT2D eigenvalue weighted by Gasteiger charge is 2.08. The molecule has 0 aliphatic rings. The molecule has 2 aromatic rings. The van der Waals surface area contributed by atoms with Gasteiger partial charge in [-0.3, -0.25) is 0 Å². The molecular weight excluding hydrogens is 172 g/mol. The van der Waals surface area contributed by atoms with Crippen LogP contribution in [0.4, 0.5) is 0 Å². The van der Waals surface area contributed by atoms with Crippen LogP contribution >= 0.6 is 0 Å². The third-order valence-electron chi connectivity index (χ3n) is 2.65. The Morgan fingerprint density at radius 2 is 2.00 bits per heavy atom. The molecule has 1 heterocycles. The molecule has 0 bridgehead atoms. The van der Waals surface area contributed by atoms with Crippen LogP contribution in [0.25, 0.3) is 10.9 Å². The summed E-state index contributed by atoms with van der Waals surface area (Å²) < 4.78 is 0. The lowest BCUT2D eigenvalue weighted by Crippen LogP contribution is -1.97. The number of hydrogen-bond acceptors (Lipinski definition) is 2. The quantitative estimate of drug-likeness (QED) is 0.720. The molecule has 0 radical (unpaired) electrons. The molecular formula is C12H14N2. The third kappa shape index (κ3) is 1.48. The predicted molar refractivity (Wildman–Crippen MR) is 58.2 cm³/mol. The maximum absolute atomic E-state index is 4.37. The summed E-state index contributed by atoms with van der Waals surface area (Å²) in [6.07, 6.45) is 2.77. The van der Waals surface area contributed by atoms with Crippen molar-refractivity contribution in [3.8, 4) is 0 Å². The Morgan fingerprint density at radius 3 is 2.79 bits per heavy atom. The fourth-order valence-electron chi connectivity index (χ4n) is 1.61. The minimum Gasteiger partial charge on any atom is -0.240 e. The number of benzene rings is 1. The number of para-hydroxylation sites is 1. The molecule has 1 aromatic carbocycles. The molecule has 0 aliphatic heterocycles. The fourth-order valence-corrected chi connectivity index (χ4v) is 1.61. The molecule has 0 amide bonds. The van der Waals surface area contributed by atoms with Crippen LogP contribution < -0.4 is 0 Å². The van der Waals surface area contributed by atoms with Gasteiger partial charge < -0.3 is 0 Å². The number of fused-ring (bicyclic) bond motifs is 1. The molecule has 0 N–H and O–H groups in total. The molecule has 0 saturated heterocycles. The van der Waals surface area contributed by atoms with Crippen LogP contribution in [0.15, 0.2) is 30.6 Å². The van der Waals surface area contributed by atoms with E-state index in [2.05, 4.69) is 29.9 Å². The van der Waals surface area contributed by atoms with Gasteiger partial charge in [-0.1, -0.05) is 32.0 Å². The van der Waals surface area contributed by atoms with E-state index < -0.39 is 0 Å². The van der Waals surface area contributed by atoms with Crippen molar-refractivity contribution in [3.05, 3.63) is 36.3 Å². The van der Waals surface area contributed by atoms with Crippen molar-refractivity contribution in [2.24, 2.45) is 0 Å². The molecule has 2 nitrogen and oxygen atoms in total. The number of nitrogens with zero attached hydrogens (tertiary/aromatic N) is 2. The summed E-state index contributed by atoms with van der Waals surface area (Å²) in [4.78, 5) is 8.61. The Balaban J connectivity index is 2.65. The first-order valence-corrected chi connectivity index (χ1v) is 5.02. The zero-order valence-electron chi connectivity index (χ0n) is 8.57. The second kappa shape index (κ2) is 3.74. The standard InChI is InChI=1S/C12H14N2/c1-3-9(2)12-10-6-4-5-7-11(10)13-8-14-12/h4-9H,3H2,1-2H3. The average Bonchev–Trinajstić information content (AvgIpc) is 2.27. The van der Waals surface area contributed by atoms with Crippen molar-refractivity contribution in [1.29, 1.82) is 0 Å². The first-order chi connectivity index (χ1) is 6.83. The van der Waals surface area contributed by atoms with Gasteiger partial charge in [0.15, 0.2) is 0 Å². The highest BCUT2D eigenvalue weighted by atomic mass is 14.8. The van der Waals surface area contributed by atoms with Crippen LogP contribution in [0, 0.1) is 0 Å². The van der Waals surface area contributed by atoms with Gasteiger partial charge >= 0.3 is 0 Å². The predicted octanol–water partition coefficient (Wildman–Crippen LogP) is 3.14. The molecule has 2 heteroatoms. The van der Waals surface area contributed by atoms with Crippen LogP contribution in [-0.4, -0.2) is 9.97 Å². The van der Waals surface area contributed by atoms with Crippen LogP contribution in [0.3, 0.4) is 0 Å². The van der Waals surface area contributed by atoms with E-state index in [9.17, 15) is 0 Å². The summed E-state index contributed by atoms with van der Waals surface area (Å²) in [5.41, 5.74) is 2.20. The van der Waals surface area contributed by atoms with Gasteiger partial charge in [0.05, 0.1) is 11.2 Å². The lowest BCUT2D eigenvalue weighted by Gasteiger charge is -2.09. The highest BCUT2D eigenvalue weighted by molar-refractivity contribution is 5.80. The lowest BCUT2D eigenvalue weighted by atomic mass is 10.0. The SMILES string of the molecule is CCC(C)c1ncnc2ccccc12. The smallest absolute Gasteiger partial charge is 0.116 e. The molecule has 0 aliphatic carbocycles. The average molecular weight is 186 g/mol. The third-order valence-corrected chi connectivity index (χ3v) is 2.65. The maximum Gasteiger partial charge on any atom is 0.116 e. The van der Waals surface area contributed by atoms with Gasteiger partial charge in [0.25, 0.3) is 0 Å². The van der Waals surface area contributed by atoms with E-state index in [4.69, 9.17) is 0 Å². The number of aromatic nitrogens is 2. The largest absolute Gasteiger partial charge is 0.240 e. The second-order valence-electron chi connectivity index (χ2n) is 3.59. The second-order valence-corrected chi connectivity index (χ2v) is 3.59. The highest BCUT2D eigenvalue weighted by Crippen LogP contribution is 2.23. The summed E-state index contributed by atoms with van der Waals surface area (Å²) in [5.74, 6) is 0.503. The summed E-state index contributed by atoms with van der Waals surface area (Å²) in [6.45, 7) is 4.39. The van der Waals surface area contributed by atoms with E-state index in [0.717, 1.165) is 17.6 Å². The van der Waals surface area contributed by atoms with E-state index in [1.54, 1.807) is 6.33 Å². The first kappa shape index (κ1) is 9.13. The van der Waals surface area contributed by atoms with Crippen LogP contribution in [0.5, 0.6) is 0 Å². The summed E-state index contributed by atoms with van der Waals surface area (Å²) in [5, 5.41) is 1.18. The number of hydrogen-bond donors (Lipinski definition) is 0. The molecule has 0 spiro atoms. The van der Waals surface area contributed by atoms with Crippen molar-refractivity contribution in [1.82, 2.24) is 9.97 Å². The molecule has 14 heavy (non-hydrogen) atoms. The molecule has 0 fully saturated rings. The lowest BCUT2D eigenvalue weighted by molar-refractivity contribution is 0.713. The van der Waals surface area contributed by atoms with Gasteiger partial charge in [0.2, 0.25) is 0 Å². The Morgan fingerprint density at radius 1 is 1.21 bits per heavy atom. The summed E-state index contributed by atoms with van der Waals surface area (Å²) in [7, 11) is 0. The van der Waals surface area contributed by atoms with Gasteiger partial charge in [0.1, 0.15) is 6.33 Å². The van der Waals surface area contributed by atoms with Crippen molar-refractivity contribution in [2.75, 3.05) is 0 Å². The van der Waals surface area contributed by atoms with Gasteiger partial charge in [0, 0.05) is 5.39 Å². The van der Waals surface area contributed by atoms with Gasteiger partial charge in [-0.25, -0.2) is 9.97 Å². The fraction of sp³-hybridized carbons (Fsp3) is 0.333. The van der Waals surface area contributed by atoms with Crippen molar-refractivity contribution >= 4 is 10.9 Å². The zero-order valence-corrected chi connectivity index (χ0v) is 8.57. The Hall–Kier alpha value is -1.44. The number of rotatable bonds is 2. The zero-order chi connectivity index (χ0) is 9.97. The Bertz CT molecular complexity index is 432. The van der Waals surface area contributed by atoms with Crippen LogP contribution in [0.2, 0.25) is 0 Å². The van der Waals surface area contributed by atoms with Gasteiger partial charge in [-0.05, 0) is 18.4 Å². The maximum atomic E-state index is 4.37. The summed E-state index contributed by atoms with van der Waals surface area (Å²) in [6, 6.07) is 8.17. The van der Waals surface area contributed by atoms with Gasteiger partial charge in [-0.2, -0.15) is 0 Å². The minimum absolute atomic E-state index is 0.503. The van der Waals surface area contributed by atoms with Crippen LogP contribution in [0.1, 0.15) is 31.9 Å². The van der Waals surface area contributed by atoms with Crippen LogP contribution in [-0.2, 0) is 0 Å². The van der Waals surface area contributed by atoms with E-state index in [1.807, 2.05) is 18.2 Å². The van der Waals surface area contributed by atoms with Gasteiger partial charge in [-0.15, -0.1) is 0 Å². The molecule has 1 aromatic heterocycles. The Labute approximate surface area is 84.0 Å².